The van der Waals surface area contributed by atoms with E-state index >= 15 is 0 Å². The molecule has 0 N–H and O–H groups in total. The third kappa shape index (κ3) is 4.78. The summed E-state index contributed by atoms with van der Waals surface area (Å²) in [6.45, 7) is 4.20. The maximum atomic E-state index is 12.8. The second kappa shape index (κ2) is 10.3. The highest BCUT2D eigenvalue weighted by Gasteiger charge is 2.27. The fourth-order valence-corrected chi connectivity index (χ4v) is 5.19. The zero-order valence-electron chi connectivity index (χ0n) is 19.4. The number of aromatic nitrogens is 5. The molecule has 0 saturated carbocycles. The van der Waals surface area contributed by atoms with Crippen molar-refractivity contribution in [1.29, 1.82) is 0 Å². The van der Waals surface area contributed by atoms with Gasteiger partial charge in [-0.25, -0.2) is 4.68 Å². The average Bonchev–Trinajstić information content (AvgIpc) is 3.41. The molecule has 0 saturated heterocycles. The lowest BCUT2D eigenvalue weighted by Crippen LogP contribution is -2.02. The van der Waals surface area contributed by atoms with E-state index in [2.05, 4.69) is 35.1 Å². The lowest BCUT2D eigenvalue weighted by Gasteiger charge is -2.14. The predicted molar refractivity (Wildman–Crippen MR) is 139 cm³/mol. The molecule has 1 aliphatic carbocycles. The van der Waals surface area contributed by atoms with Gasteiger partial charge in [-0.05, 0) is 67.9 Å². The zero-order valence-corrected chi connectivity index (χ0v) is 20.9. The van der Waals surface area contributed by atoms with Gasteiger partial charge in [0, 0.05) is 22.7 Å². The Morgan fingerprint density at radius 2 is 2.00 bits per heavy atom. The summed E-state index contributed by atoms with van der Waals surface area (Å²) in [4.78, 5) is 0. The van der Waals surface area contributed by atoms with Crippen molar-refractivity contribution >= 4 is 23.2 Å². The second-order valence-electron chi connectivity index (χ2n) is 8.77. The van der Waals surface area contributed by atoms with Gasteiger partial charge in [0.25, 0.3) is 0 Å². The summed E-state index contributed by atoms with van der Waals surface area (Å²) in [5.74, 6) is 0. The van der Waals surface area contributed by atoms with Gasteiger partial charge in [0.1, 0.15) is 11.4 Å². The third-order valence-corrected chi connectivity index (χ3v) is 6.90. The molecule has 4 aromatic rings. The van der Waals surface area contributed by atoms with Gasteiger partial charge >= 0.3 is 0 Å². The van der Waals surface area contributed by atoms with E-state index in [1.165, 1.54) is 5.56 Å². The molecule has 0 aliphatic heterocycles. The van der Waals surface area contributed by atoms with E-state index in [9.17, 15) is 4.39 Å². The molecule has 0 radical (unpaired) electrons. The van der Waals surface area contributed by atoms with Gasteiger partial charge < -0.3 is 0 Å². The molecule has 5 nitrogen and oxygen atoms in total. The molecule has 0 unspecified atom stereocenters. The van der Waals surface area contributed by atoms with Crippen LogP contribution in [0.4, 0.5) is 4.39 Å². The third-order valence-electron chi connectivity index (χ3n) is 6.36. The molecule has 2 aromatic heterocycles. The van der Waals surface area contributed by atoms with E-state index in [0.717, 1.165) is 71.6 Å². The summed E-state index contributed by atoms with van der Waals surface area (Å²) < 4.78 is 16.5. The Hall–Kier alpha value is -2.96. The summed E-state index contributed by atoms with van der Waals surface area (Å²) in [6.07, 6.45) is 8.65. The molecule has 0 spiro atoms. The number of fused-ring (bicyclic) bond motifs is 3. The molecule has 0 fully saturated rings. The second-order valence-corrected chi connectivity index (χ2v) is 9.61. The molecule has 8 heteroatoms. The molecular formula is C27H26Cl2FN5. The number of nitrogens with zero attached hydrogens (tertiary/aromatic N) is 5. The standard InChI is InChI=1S/C27H26Cl2FN5/c1-2-3-14-34-17-24(31-33-34)26-22-8-4-7-19-15-18(6-5-13-30)9-11-21(19)27(22)35(32-26)25-12-10-20(28)16-23(25)29/h2,9-12,15-17H,1,3-8,13-14H2. The van der Waals surface area contributed by atoms with E-state index in [1.807, 2.05) is 33.8 Å². The van der Waals surface area contributed by atoms with Crippen LogP contribution in [-0.2, 0) is 25.8 Å². The lowest BCUT2D eigenvalue weighted by atomic mass is 9.97. The first-order valence-corrected chi connectivity index (χ1v) is 12.6. The number of hydrogen-bond acceptors (Lipinski definition) is 3. The van der Waals surface area contributed by atoms with Crippen LogP contribution >= 0.6 is 23.2 Å². The Bertz CT molecular complexity index is 1370. The largest absolute Gasteiger partial charge is 0.252 e. The fraction of sp³-hybridized carbons (Fsp3) is 0.296. The lowest BCUT2D eigenvalue weighted by molar-refractivity contribution is 0.473. The van der Waals surface area contributed by atoms with Gasteiger partial charge in [-0.3, -0.25) is 9.07 Å². The highest BCUT2D eigenvalue weighted by Crippen LogP contribution is 2.40. The summed E-state index contributed by atoms with van der Waals surface area (Å²) in [6, 6.07) is 11.9. The first-order valence-electron chi connectivity index (χ1n) is 11.9. The molecule has 2 heterocycles. The number of hydrogen-bond donors (Lipinski definition) is 0. The maximum Gasteiger partial charge on any atom is 0.133 e. The topological polar surface area (TPSA) is 48.5 Å². The monoisotopic (exact) mass is 509 g/mol. The van der Waals surface area contributed by atoms with Crippen molar-refractivity contribution in [3.8, 4) is 28.3 Å². The van der Waals surface area contributed by atoms with Gasteiger partial charge in [-0.15, -0.1) is 11.7 Å². The Morgan fingerprint density at radius 3 is 2.80 bits per heavy atom. The van der Waals surface area contributed by atoms with E-state index in [-0.39, 0.29) is 6.67 Å². The Labute approximate surface area is 214 Å². The zero-order chi connectivity index (χ0) is 24.4. The van der Waals surface area contributed by atoms with E-state index in [4.69, 9.17) is 28.3 Å². The number of aryl methyl sites for hydroxylation is 3. The van der Waals surface area contributed by atoms with Crippen molar-refractivity contribution in [3.05, 3.63) is 82.0 Å². The summed E-state index contributed by atoms with van der Waals surface area (Å²) >= 11 is 12.8. The number of alkyl halides is 1. The molecule has 5 rings (SSSR count). The molecule has 1 aliphatic rings. The smallest absolute Gasteiger partial charge is 0.133 e. The Balaban J connectivity index is 1.69. The van der Waals surface area contributed by atoms with Crippen molar-refractivity contribution in [2.45, 2.75) is 45.1 Å². The van der Waals surface area contributed by atoms with Gasteiger partial charge in [0.15, 0.2) is 0 Å². The Morgan fingerprint density at radius 1 is 1.11 bits per heavy atom. The van der Waals surface area contributed by atoms with Crippen LogP contribution in [0.15, 0.2) is 55.3 Å². The Kier molecular flexibility index (Phi) is 7.02. The van der Waals surface area contributed by atoms with Crippen LogP contribution < -0.4 is 0 Å². The van der Waals surface area contributed by atoms with E-state index in [0.29, 0.717) is 23.0 Å². The number of halogens is 3. The molecule has 0 amide bonds. The fourth-order valence-electron chi connectivity index (χ4n) is 4.70. The summed E-state index contributed by atoms with van der Waals surface area (Å²) in [7, 11) is 0. The highest BCUT2D eigenvalue weighted by atomic mass is 35.5. The van der Waals surface area contributed by atoms with Crippen LogP contribution in [0.3, 0.4) is 0 Å². The van der Waals surface area contributed by atoms with Crippen LogP contribution in [0.25, 0.3) is 28.3 Å². The van der Waals surface area contributed by atoms with Crippen LogP contribution in [-0.4, -0.2) is 31.4 Å². The normalized spacial score (nSPS) is 12.8. The molecule has 0 atom stereocenters. The van der Waals surface area contributed by atoms with Crippen molar-refractivity contribution in [1.82, 2.24) is 24.8 Å². The average molecular weight is 510 g/mol. The van der Waals surface area contributed by atoms with Crippen LogP contribution in [0, 0.1) is 0 Å². The molecular weight excluding hydrogens is 484 g/mol. The van der Waals surface area contributed by atoms with Crippen molar-refractivity contribution in [2.24, 2.45) is 0 Å². The molecule has 35 heavy (non-hydrogen) atoms. The minimum atomic E-state index is -0.306. The first kappa shape index (κ1) is 23.8. The molecule has 180 valence electrons. The SMILES string of the molecule is C=CCCn1cc(-c2nn(-c3ccc(Cl)cc3Cl)c3c2CCCc2cc(CCCF)ccc2-3)nn1. The number of allylic oxidation sites excluding steroid dienone is 1. The predicted octanol–water partition coefficient (Wildman–Crippen LogP) is 7.07. The quantitative estimate of drug-likeness (QED) is 0.238. The number of rotatable bonds is 8. The van der Waals surface area contributed by atoms with Crippen molar-refractivity contribution < 1.29 is 4.39 Å². The minimum Gasteiger partial charge on any atom is -0.252 e. The van der Waals surface area contributed by atoms with E-state index in [1.54, 1.807) is 6.07 Å². The molecule has 2 aromatic carbocycles. The summed E-state index contributed by atoms with van der Waals surface area (Å²) in [5.41, 5.74) is 7.95. The van der Waals surface area contributed by atoms with Crippen LogP contribution in [0.2, 0.25) is 10.0 Å². The number of benzene rings is 2. The van der Waals surface area contributed by atoms with Crippen molar-refractivity contribution in [3.63, 3.8) is 0 Å². The van der Waals surface area contributed by atoms with Gasteiger partial charge in [-0.1, -0.05) is 52.7 Å². The van der Waals surface area contributed by atoms with Crippen LogP contribution in [0.5, 0.6) is 0 Å². The first-order chi connectivity index (χ1) is 17.1. The van der Waals surface area contributed by atoms with Gasteiger partial charge in [0.2, 0.25) is 0 Å². The minimum absolute atomic E-state index is 0.306. The highest BCUT2D eigenvalue weighted by molar-refractivity contribution is 6.35. The molecule has 0 bridgehead atoms. The maximum absolute atomic E-state index is 12.8. The van der Waals surface area contributed by atoms with Gasteiger partial charge in [-0.2, -0.15) is 5.10 Å². The van der Waals surface area contributed by atoms with Gasteiger partial charge in [0.05, 0.1) is 29.3 Å². The van der Waals surface area contributed by atoms with Crippen LogP contribution in [0.1, 0.15) is 36.0 Å². The van der Waals surface area contributed by atoms with E-state index < -0.39 is 0 Å². The summed E-state index contributed by atoms with van der Waals surface area (Å²) in [5, 5.41) is 14.9. The van der Waals surface area contributed by atoms with Crippen molar-refractivity contribution in [2.75, 3.05) is 6.67 Å².